The zero-order valence-electron chi connectivity index (χ0n) is 15.9. The Labute approximate surface area is 167 Å². The van der Waals surface area contributed by atoms with Gasteiger partial charge in [-0.05, 0) is 52.0 Å². The van der Waals surface area contributed by atoms with E-state index in [1.54, 1.807) is 38.1 Å². The van der Waals surface area contributed by atoms with Crippen molar-refractivity contribution in [3.8, 4) is 10.6 Å². The van der Waals surface area contributed by atoms with Gasteiger partial charge >= 0.3 is 5.97 Å². The Morgan fingerprint density at radius 1 is 1.25 bits per heavy atom. The number of carbonyl (C=O) groups excluding carboxylic acids is 1. The van der Waals surface area contributed by atoms with Gasteiger partial charge in [0.25, 0.3) is 10.0 Å². The third kappa shape index (κ3) is 3.95. The first-order valence-corrected chi connectivity index (χ1v) is 10.9. The molecule has 28 heavy (non-hydrogen) atoms. The molecule has 148 valence electrons. The molecular formula is C19H20N2O5S2. The Morgan fingerprint density at radius 2 is 2.00 bits per heavy atom. The number of hydrogen-bond acceptors (Lipinski definition) is 7. The maximum Gasteiger partial charge on any atom is 0.338 e. The van der Waals surface area contributed by atoms with E-state index in [1.165, 1.54) is 17.4 Å². The van der Waals surface area contributed by atoms with E-state index in [1.807, 2.05) is 13.8 Å². The smallest absolute Gasteiger partial charge is 0.338 e. The van der Waals surface area contributed by atoms with Gasteiger partial charge in [-0.2, -0.15) is 0 Å². The first kappa shape index (κ1) is 20.1. The van der Waals surface area contributed by atoms with Crippen LogP contribution < -0.4 is 4.72 Å². The van der Waals surface area contributed by atoms with Crippen LogP contribution in [0.4, 0.5) is 5.69 Å². The van der Waals surface area contributed by atoms with E-state index in [9.17, 15) is 13.2 Å². The van der Waals surface area contributed by atoms with Gasteiger partial charge in [-0.25, -0.2) is 13.2 Å². The molecule has 0 unspecified atom stereocenters. The van der Waals surface area contributed by atoms with Crippen LogP contribution in [0.25, 0.3) is 10.6 Å². The van der Waals surface area contributed by atoms with E-state index in [0.717, 1.165) is 11.3 Å². The van der Waals surface area contributed by atoms with Crippen LogP contribution in [0.1, 0.15) is 33.4 Å². The molecule has 0 bridgehead atoms. The fraction of sp³-hybridized carbons (Fsp3) is 0.263. The molecule has 0 amide bonds. The fourth-order valence-electron chi connectivity index (χ4n) is 2.62. The van der Waals surface area contributed by atoms with Crippen LogP contribution in [0.5, 0.6) is 0 Å². The number of nitrogens with zero attached hydrogens (tertiary/aromatic N) is 1. The molecule has 2 aromatic heterocycles. The number of thiophene rings is 1. The van der Waals surface area contributed by atoms with E-state index < -0.39 is 16.0 Å². The van der Waals surface area contributed by atoms with Crippen LogP contribution in [-0.4, -0.2) is 26.2 Å². The molecule has 0 fully saturated rings. The summed E-state index contributed by atoms with van der Waals surface area (Å²) in [7, 11) is -3.85. The molecule has 1 aromatic carbocycles. The molecule has 7 nitrogen and oxygen atoms in total. The van der Waals surface area contributed by atoms with E-state index in [2.05, 4.69) is 9.88 Å². The number of esters is 1. The molecular weight excluding hydrogens is 400 g/mol. The maximum absolute atomic E-state index is 12.9. The van der Waals surface area contributed by atoms with Gasteiger partial charge in [0.2, 0.25) is 0 Å². The second-order valence-corrected chi connectivity index (χ2v) is 9.07. The Balaban J connectivity index is 1.91. The average molecular weight is 421 g/mol. The average Bonchev–Trinajstić information content (AvgIpc) is 3.18. The number of sulfonamides is 1. The number of carbonyl (C=O) groups is 1. The van der Waals surface area contributed by atoms with Crippen molar-refractivity contribution >= 4 is 33.0 Å². The summed E-state index contributed by atoms with van der Waals surface area (Å²) in [6.07, 6.45) is 0. The van der Waals surface area contributed by atoms with Crippen molar-refractivity contribution in [3.63, 3.8) is 0 Å². The monoisotopic (exact) mass is 420 g/mol. The second kappa shape index (κ2) is 7.76. The molecule has 1 N–H and O–H groups in total. The Hall–Kier alpha value is -2.65. The summed E-state index contributed by atoms with van der Waals surface area (Å²) in [6, 6.07) is 7.76. The van der Waals surface area contributed by atoms with Gasteiger partial charge < -0.3 is 9.26 Å². The third-order valence-electron chi connectivity index (χ3n) is 4.17. The standard InChI is InChI=1S/C19H20N2O5S2/c1-5-25-19(22)14-7-6-8-15(9-14)21-28(23,24)17-10-16(27-13(17)4)18-11(2)12(3)20-26-18/h6-10,21H,5H2,1-4H3. The Bertz CT molecular complexity index is 1130. The molecule has 0 radical (unpaired) electrons. The molecule has 0 aliphatic heterocycles. The van der Waals surface area contributed by atoms with Gasteiger partial charge in [-0.15, -0.1) is 11.3 Å². The molecule has 0 saturated heterocycles. The topological polar surface area (TPSA) is 98.5 Å². The van der Waals surface area contributed by atoms with Gasteiger partial charge in [0.05, 0.1) is 22.7 Å². The van der Waals surface area contributed by atoms with Crippen molar-refractivity contribution < 1.29 is 22.5 Å². The SMILES string of the molecule is CCOC(=O)c1cccc(NS(=O)(=O)c2cc(-c3onc(C)c3C)sc2C)c1. The van der Waals surface area contributed by atoms with Crippen LogP contribution in [-0.2, 0) is 14.8 Å². The highest BCUT2D eigenvalue weighted by atomic mass is 32.2. The molecule has 0 spiro atoms. The van der Waals surface area contributed by atoms with Crippen LogP contribution in [0.15, 0.2) is 39.8 Å². The van der Waals surface area contributed by atoms with Gasteiger partial charge in [0.1, 0.15) is 4.90 Å². The lowest BCUT2D eigenvalue weighted by Gasteiger charge is -2.09. The number of benzene rings is 1. The van der Waals surface area contributed by atoms with Gasteiger partial charge in [-0.3, -0.25) is 4.72 Å². The fourth-order valence-corrected chi connectivity index (χ4v) is 5.30. The summed E-state index contributed by atoms with van der Waals surface area (Å²) in [5.41, 5.74) is 2.20. The van der Waals surface area contributed by atoms with E-state index in [4.69, 9.17) is 9.26 Å². The zero-order chi connectivity index (χ0) is 20.5. The number of anilines is 1. The first-order chi connectivity index (χ1) is 13.2. The highest BCUT2D eigenvalue weighted by molar-refractivity contribution is 7.93. The Kier molecular flexibility index (Phi) is 5.57. The van der Waals surface area contributed by atoms with Crippen molar-refractivity contribution in [2.75, 3.05) is 11.3 Å². The minimum absolute atomic E-state index is 0.155. The molecule has 3 aromatic rings. The summed E-state index contributed by atoms with van der Waals surface area (Å²) in [6.45, 7) is 7.39. The number of rotatable bonds is 6. The molecule has 9 heteroatoms. The first-order valence-electron chi connectivity index (χ1n) is 8.56. The summed E-state index contributed by atoms with van der Waals surface area (Å²) < 4.78 is 38.6. The third-order valence-corrected chi connectivity index (χ3v) is 6.85. The zero-order valence-corrected chi connectivity index (χ0v) is 17.5. The van der Waals surface area contributed by atoms with Crippen LogP contribution in [0.3, 0.4) is 0 Å². The minimum atomic E-state index is -3.85. The number of hydrogen-bond donors (Lipinski definition) is 1. The Morgan fingerprint density at radius 3 is 2.64 bits per heavy atom. The summed E-state index contributed by atoms with van der Waals surface area (Å²) >= 11 is 1.32. The number of aryl methyl sites for hydroxylation is 2. The van der Waals surface area contributed by atoms with Gasteiger partial charge in [-0.1, -0.05) is 11.2 Å². The van der Waals surface area contributed by atoms with Gasteiger partial charge in [0.15, 0.2) is 5.76 Å². The molecule has 2 heterocycles. The highest BCUT2D eigenvalue weighted by Gasteiger charge is 2.23. The predicted octanol–water partition coefficient (Wildman–Crippen LogP) is 4.31. The van der Waals surface area contributed by atoms with Crippen molar-refractivity contribution in [3.05, 3.63) is 52.0 Å². The second-order valence-electron chi connectivity index (χ2n) is 6.16. The lowest BCUT2D eigenvalue weighted by molar-refractivity contribution is 0.0526. The summed E-state index contributed by atoms with van der Waals surface area (Å²) in [5, 5.41) is 3.93. The number of ether oxygens (including phenoxy) is 1. The summed E-state index contributed by atoms with van der Waals surface area (Å²) in [4.78, 5) is 13.3. The predicted molar refractivity (Wildman–Crippen MR) is 107 cm³/mol. The molecule has 3 rings (SSSR count). The molecule has 0 aliphatic rings. The van der Waals surface area contributed by atoms with Crippen LogP contribution >= 0.6 is 11.3 Å². The molecule has 0 aliphatic carbocycles. The minimum Gasteiger partial charge on any atom is -0.462 e. The molecule has 0 saturated carbocycles. The van der Waals surface area contributed by atoms with Crippen molar-refractivity contribution in [2.45, 2.75) is 32.6 Å². The van der Waals surface area contributed by atoms with Crippen molar-refractivity contribution in [1.29, 1.82) is 0 Å². The van der Waals surface area contributed by atoms with Gasteiger partial charge in [0, 0.05) is 16.1 Å². The highest BCUT2D eigenvalue weighted by Crippen LogP contribution is 2.36. The van der Waals surface area contributed by atoms with Crippen LogP contribution in [0, 0.1) is 20.8 Å². The van der Waals surface area contributed by atoms with Crippen molar-refractivity contribution in [2.24, 2.45) is 0 Å². The summed E-state index contributed by atoms with van der Waals surface area (Å²) in [5.74, 6) is 0.0603. The van der Waals surface area contributed by atoms with E-state index >= 15 is 0 Å². The normalized spacial score (nSPS) is 11.4. The lowest BCUT2D eigenvalue weighted by Crippen LogP contribution is -2.14. The maximum atomic E-state index is 12.9. The quantitative estimate of drug-likeness (QED) is 0.597. The lowest BCUT2D eigenvalue weighted by atomic mass is 10.2. The van der Waals surface area contributed by atoms with Crippen LogP contribution in [0.2, 0.25) is 0 Å². The number of nitrogens with one attached hydrogen (secondary N) is 1. The number of aromatic nitrogens is 1. The van der Waals surface area contributed by atoms with E-state index in [-0.39, 0.29) is 22.8 Å². The van der Waals surface area contributed by atoms with E-state index in [0.29, 0.717) is 15.5 Å². The molecule has 0 atom stereocenters. The largest absolute Gasteiger partial charge is 0.462 e. The van der Waals surface area contributed by atoms with Crippen molar-refractivity contribution in [1.82, 2.24) is 5.16 Å².